The molecule has 0 radical (unpaired) electrons. The number of aromatic nitrogens is 4. The van der Waals surface area contributed by atoms with E-state index in [9.17, 15) is 26.7 Å². The van der Waals surface area contributed by atoms with E-state index in [1.807, 2.05) is 0 Å². The van der Waals surface area contributed by atoms with Gasteiger partial charge in [0.1, 0.15) is 6.61 Å². The summed E-state index contributed by atoms with van der Waals surface area (Å²) in [5.41, 5.74) is 0.903. The van der Waals surface area contributed by atoms with Gasteiger partial charge in [-0.15, -0.1) is 5.10 Å². The number of benzene rings is 1. The van der Waals surface area contributed by atoms with Gasteiger partial charge in [-0.2, -0.15) is 26.9 Å². The standard InChI is InChI=1S/C21H19F5N4O4.Na.H/c1-19(2,17(31)32)10-33-15-8-7-14(9-27-15)12-3-5-13(6-4-12)16-28-18(30-29-16)34-11-20(22,23)21(24,25)26;;/h3-9H,10-11H2,1-2H3,(H,31,32)(H,28,29,30);;/q;+1;-1. The number of ether oxygens (including phenoxy) is 2. The second-order valence-electron chi connectivity index (χ2n) is 7.90. The number of alkyl halides is 5. The van der Waals surface area contributed by atoms with Crippen LogP contribution < -0.4 is 39.0 Å². The van der Waals surface area contributed by atoms with Crippen molar-refractivity contribution in [2.45, 2.75) is 25.9 Å². The summed E-state index contributed by atoms with van der Waals surface area (Å²) in [6.45, 7) is 1.08. The van der Waals surface area contributed by atoms with Gasteiger partial charge in [-0.3, -0.25) is 9.89 Å². The minimum absolute atomic E-state index is 0. The summed E-state index contributed by atoms with van der Waals surface area (Å²) in [5, 5.41) is 15.0. The topological polar surface area (TPSA) is 110 Å². The molecule has 0 amide bonds. The molecule has 8 nitrogen and oxygen atoms in total. The van der Waals surface area contributed by atoms with Crippen molar-refractivity contribution < 1.29 is 72.3 Å². The molecule has 0 saturated carbocycles. The first-order valence-electron chi connectivity index (χ1n) is 9.71. The Kier molecular flexibility index (Phi) is 8.84. The normalized spacial score (nSPS) is 12.1. The Hall–Kier alpha value is -2.77. The van der Waals surface area contributed by atoms with Gasteiger partial charge in [0.25, 0.3) is 0 Å². The van der Waals surface area contributed by atoms with Crippen molar-refractivity contribution >= 4 is 5.97 Å². The van der Waals surface area contributed by atoms with Crippen LogP contribution in [0.5, 0.6) is 11.9 Å². The monoisotopic (exact) mass is 510 g/mol. The zero-order valence-electron chi connectivity index (χ0n) is 19.9. The van der Waals surface area contributed by atoms with E-state index in [1.54, 1.807) is 42.6 Å². The van der Waals surface area contributed by atoms with Crippen molar-refractivity contribution in [3.63, 3.8) is 0 Å². The molecule has 2 aromatic heterocycles. The van der Waals surface area contributed by atoms with Gasteiger partial charge in [0.2, 0.25) is 5.88 Å². The molecule has 0 aliphatic heterocycles. The molecule has 0 aliphatic carbocycles. The SMILES string of the molecule is CC(C)(COc1ccc(-c2ccc(-c3nc(OCC(F)(F)C(F)(F)F)n[nH]3)cc2)cn1)C(=O)O.[H-].[Na+]. The molecule has 0 atom stereocenters. The number of rotatable bonds is 9. The third kappa shape index (κ3) is 7.12. The number of aliphatic carboxylic acids is 1. The van der Waals surface area contributed by atoms with Crippen LogP contribution in [0.2, 0.25) is 0 Å². The fraction of sp³-hybridized carbons (Fsp3) is 0.333. The molecule has 0 aliphatic rings. The average Bonchev–Trinajstić information content (AvgIpc) is 3.25. The van der Waals surface area contributed by atoms with Crippen molar-refractivity contribution in [1.29, 1.82) is 0 Å². The van der Waals surface area contributed by atoms with Crippen LogP contribution in [0.1, 0.15) is 15.3 Å². The Morgan fingerprint density at radius 3 is 2.11 bits per heavy atom. The van der Waals surface area contributed by atoms with Crippen molar-refractivity contribution in [2.75, 3.05) is 13.2 Å². The molecule has 3 rings (SSSR count). The Labute approximate surface area is 219 Å². The van der Waals surface area contributed by atoms with Gasteiger partial charge in [0.15, 0.2) is 12.4 Å². The number of hydrogen-bond acceptors (Lipinski definition) is 6. The Morgan fingerprint density at radius 1 is 0.971 bits per heavy atom. The van der Waals surface area contributed by atoms with Gasteiger partial charge >= 0.3 is 53.6 Å². The molecule has 14 heteroatoms. The largest absolute Gasteiger partial charge is 1.00 e. The number of H-pyrrole nitrogens is 1. The van der Waals surface area contributed by atoms with E-state index in [-0.39, 0.29) is 49.3 Å². The quantitative estimate of drug-likeness (QED) is 0.333. The van der Waals surface area contributed by atoms with Crippen LogP contribution in [0.15, 0.2) is 42.6 Å². The van der Waals surface area contributed by atoms with E-state index in [0.717, 1.165) is 11.1 Å². The van der Waals surface area contributed by atoms with Gasteiger partial charge in [-0.1, -0.05) is 24.3 Å². The molecule has 0 fully saturated rings. The first kappa shape index (κ1) is 28.5. The van der Waals surface area contributed by atoms with Gasteiger partial charge in [0.05, 0.1) is 5.41 Å². The molecule has 3 aromatic rings. The first-order valence-corrected chi connectivity index (χ1v) is 9.71. The molecular weight excluding hydrogens is 490 g/mol. The van der Waals surface area contributed by atoms with Crippen LogP contribution >= 0.6 is 0 Å². The second kappa shape index (κ2) is 10.9. The molecule has 0 bridgehead atoms. The minimum Gasteiger partial charge on any atom is -1.00 e. The van der Waals surface area contributed by atoms with Gasteiger partial charge in [0, 0.05) is 23.4 Å². The molecule has 0 saturated heterocycles. The number of halogens is 5. The van der Waals surface area contributed by atoms with Crippen molar-refractivity contribution in [2.24, 2.45) is 5.41 Å². The number of hydrogen-bond donors (Lipinski definition) is 2. The number of aromatic amines is 1. The van der Waals surface area contributed by atoms with Crippen molar-refractivity contribution in [1.82, 2.24) is 20.2 Å². The molecule has 35 heavy (non-hydrogen) atoms. The Bertz CT molecular complexity index is 1140. The summed E-state index contributed by atoms with van der Waals surface area (Å²) in [6.07, 6.45) is -4.20. The molecule has 0 unspecified atom stereocenters. The summed E-state index contributed by atoms with van der Waals surface area (Å²) in [6, 6.07) is 9.36. The third-order valence-corrected chi connectivity index (χ3v) is 4.65. The van der Waals surface area contributed by atoms with E-state index < -0.39 is 36.1 Å². The summed E-state index contributed by atoms with van der Waals surface area (Å²) < 4.78 is 72.3. The number of nitrogens with one attached hydrogen (secondary N) is 1. The average molecular weight is 510 g/mol. The maximum atomic E-state index is 13.0. The Morgan fingerprint density at radius 2 is 1.57 bits per heavy atom. The minimum atomic E-state index is -5.74. The second-order valence-corrected chi connectivity index (χ2v) is 7.90. The summed E-state index contributed by atoms with van der Waals surface area (Å²) in [4.78, 5) is 19.1. The number of carboxylic acids is 1. The zero-order chi connectivity index (χ0) is 25.1. The van der Waals surface area contributed by atoms with E-state index in [4.69, 9.17) is 9.84 Å². The fourth-order valence-corrected chi connectivity index (χ4v) is 2.45. The van der Waals surface area contributed by atoms with Crippen LogP contribution in [-0.2, 0) is 4.79 Å². The third-order valence-electron chi connectivity index (χ3n) is 4.65. The van der Waals surface area contributed by atoms with Crippen LogP contribution in [0.25, 0.3) is 22.5 Å². The maximum absolute atomic E-state index is 13.0. The van der Waals surface area contributed by atoms with Crippen LogP contribution in [0.3, 0.4) is 0 Å². The number of nitrogens with zero attached hydrogens (tertiary/aromatic N) is 3. The number of carboxylic acid groups (broad SMARTS) is 1. The predicted molar refractivity (Wildman–Crippen MR) is 110 cm³/mol. The van der Waals surface area contributed by atoms with Gasteiger partial charge in [-0.05, 0) is 25.5 Å². The molecule has 184 valence electrons. The molecule has 0 spiro atoms. The molecule has 2 heterocycles. The van der Waals surface area contributed by atoms with Crippen molar-refractivity contribution in [3.8, 4) is 34.4 Å². The number of pyridine rings is 1. The van der Waals surface area contributed by atoms with E-state index in [2.05, 4.69) is 24.9 Å². The smallest absolute Gasteiger partial charge is 1.00 e. The van der Waals surface area contributed by atoms with Crippen LogP contribution in [0, 0.1) is 5.41 Å². The molecular formula is C21H20F5N4NaO4. The van der Waals surface area contributed by atoms with Crippen molar-refractivity contribution in [3.05, 3.63) is 42.6 Å². The predicted octanol–water partition coefficient (Wildman–Crippen LogP) is 1.72. The van der Waals surface area contributed by atoms with Crippen LogP contribution in [-0.4, -0.2) is 56.6 Å². The maximum Gasteiger partial charge on any atom is 1.00 e. The van der Waals surface area contributed by atoms with E-state index in [0.29, 0.717) is 5.56 Å². The van der Waals surface area contributed by atoms with E-state index >= 15 is 0 Å². The Balaban J connectivity index is 0.00000324. The van der Waals surface area contributed by atoms with E-state index in [1.165, 1.54) is 13.8 Å². The summed E-state index contributed by atoms with van der Waals surface area (Å²) >= 11 is 0. The van der Waals surface area contributed by atoms with Gasteiger partial charge < -0.3 is 16.0 Å². The number of carbonyl (C=O) groups is 1. The molecule has 1 aromatic carbocycles. The zero-order valence-corrected chi connectivity index (χ0v) is 20.9. The van der Waals surface area contributed by atoms with Gasteiger partial charge in [-0.25, -0.2) is 4.98 Å². The first-order chi connectivity index (χ1) is 15.8. The molecule has 2 N–H and O–H groups in total. The summed E-state index contributed by atoms with van der Waals surface area (Å²) in [5.74, 6) is -5.65. The van der Waals surface area contributed by atoms with Crippen LogP contribution in [0.4, 0.5) is 22.0 Å². The fourth-order valence-electron chi connectivity index (χ4n) is 2.45. The summed E-state index contributed by atoms with van der Waals surface area (Å²) in [7, 11) is 0.